The van der Waals surface area contributed by atoms with Crippen LogP contribution in [0.1, 0.15) is 30.9 Å². The molecule has 7 heteroatoms. The minimum atomic E-state index is -4.29. The first-order valence-electron chi connectivity index (χ1n) is 8.75. The number of ether oxygens (including phenoxy) is 1. The van der Waals surface area contributed by atoms with Crippen LogP contribution in [0.3, 0.4) is 0 Å². The van der Waals surface area contributed by atoms with Gasteiger partial charge in [0.2, 0.25) is 0 Å². The number of guanidine groups is 1. The number of hydrogen-bond acceptors (Lipinski definition) is 2. The van der Waals surface area contributed by atoms with Crippen molar-refractivity contribution in [1.29, 1.82) is 0 Å². The molecule has 2 N–H and O–H groups in total. The lowest BCUT2D eigenvalue weighted by Crippen LogP contribution is -2.38. The van der Waals surface area contributed by atoms with E-state index < -0.39 is 11.7 Å². The van der Waals surface area contributed by atoms with Crippen LogP contribution in [0.15, 0.2) is 29.3 Å². The standard InChI is InChI=1S/C18H26F3N3O/c1-2-22-17(24-11-12-25-13-15-3-4-15)23-10-9-14-5-7-16(8-6-14)18(19,20)21/h5-8,15H,2-4,9-13H2,1H3,(H2,22,23,24). The molecule has 1 aromatic rings. The van der Waals surface area contributed by atoms with Crippen LogP contribution in [0, 0.1) is 5.92 Å². The molecule has 0 bridgehead atoms. The third-order valence-corrected chi connectivity index (χ3v) is 3.89. The molecule has 0 saturated heterocycles. The van der Waals surface area contributed by atoms with E-state index in [1.807, 2.05) is 6.92 Å². The smallest absolute Gasteiger partial charge is 0.379 e. The molecule has 0 atom stereocenters. The third kappa shape index (κ3) is 7.77. The summed E-state index contributed by atoms with van der Waals surface area (Å²) in [7, 11) is 0. The Morgan fingerprint density at radius 2 is 1.92 bits per heavy atom. The number of hydrogen-bond donors (Lipinski definition) is 2. The Morgan fingerprint density at radius 1 is 1.20 bits per heavy atom. The Kier molecular flexibility index (Phi) is 7.55. The average Bonchev–Trinajstić information content (AvgIpc) is 3.38. The highest BCUT2D eigenvalue weighted by molar-refractivity contribution is 5.79. The molecule has 0 aromatic heterocycles. The van der Waals surface area contributed by atoms with Crippen LogP contribution in [0.2, 0.25) is 0 Å². The molecule has 1 saturated carbocycles. The summed E-state index contributed by atoms with van der Waals surface area (Å²) in [6.45, 7) is 5.34. The van der Waals surface area contributed by atoms with E-state index in [2.05, 4.69) is 15.6 Å². The van der Waals surface area contributed by atoms with E-state index in [1.165, 1.54) is 25.0 Å². The average molecular weight is 357 g/mol. The molecule has 0 spiro atoms. The van der Waals surface area contributed by atoms with Gasteiger partial charge in [-0.05, 0) is 49.8 Å². The first-order chi connectivity index (χ1) is 12.0. The summed E-state index contributed by atoms with van der Waals surface area (Å²) in [5, 5.41) is 6.33. The fraction of sp³-hybridized carbons (Fsp3) is 0.611. The minimum absolute atomic E-state index is 0.586. The van der Waals surface area contributed by atoms with Crippen molar-refractivity contribution < 1.29 is 17.9 Å². The Labute approximate surface area is 146 Å². The summed E-state index contributed by atoms with van der Waals surface area (Å²) in [5.74, 6) is 1.45. The van der Waals surface area contributed by atoms with Gasteiger partial charge in [0.1, 0.15) is 0 Å². The number of rotatable bonds is 9. The summed E-state index contributed by atoms with van der Waals surface area (Å²) in [6, 6.07) is 5.26. The lowest BCUT2D eigenvalue weighted by Gasteiger charge is -2.12. The van der Waals surface area contributed by atoms with E-state index in [4.69, 9.17) is 4.74 Å². The number of halogens is 3. The van der Waals surface area contributed by atoms with E-state index in [0.29, 0.717) is 32.1 Å². The van der Waals surface area contributed by atoms with Crippen molar-refractivity contribution in [3.05, 3.63) is 35.4 Å². The van der Waals surface area contributed by atoms with Gasteiger partial charge in [-0.1, -0.05) is 12.1 Å². The molecule has 0 aliphatic heterocycles. The van der Waals surface area contributed by atoms with Crippen LogP contribution in [-0.4, -0.2) is 38.8 Å². The summed E-state index contributed by atoms with van der Waals surface area (Å²) in [4.78, 5) is 4.43. The molecule has 0 radical (unpaired) electrons. The predicted molar refractivity (Wildman–Crippen MR) is 92.7 cm³/mol. The number of benzene rings is 1. The molecule has 1 aliphatic rings. The molecule has 25 heavy (non-hydrogen) atoms. The molecular weight excluding hydrogens is 331 g/mol. The van der Waals surface area contributed by atoms with Gasteiger partial charge in [-0.15, -0.1) is 0 Å². The Balaban J connectivity index is 1.70. The van der Waals surface area contributed by atoms with E-state index in [1.54, 1.807) is 0 Å². The highest BCUT2D eigenvalue weighted by Crippen LogP contribution is 2.29. The monoisotopic (exact) mass is 357 g/mol. The third-order valence-electron chi connectivity index (χ3n) is 3.89. The second-order valence-corrected chi connectivity index (χ2v) is 6.15. The first-order valence-corrected chi connectivity index (χ1v) is 8.75. The number of nitrogens with zero attached hydrogens (tertiary/aromatic N) is 1. The van der Waals surface area contributed by atoms with Gasteiger partial charge in [-0.2, -0.15) is 13.2 Å². The molecule has 0 unspecified atom stereocenters. The van der Waals surface area contributed by atoms with Gasteiger partial charge in [-0.25, -0.2) is 0 Å². The van der Waals surface area contributed by atoms with Crippen LogP contribution in [0.25, 0.3) is 0 Å². The maximum absolute atomic E-state index is 12.5. The van der Waals surface area contributed by atoms with Gasteiger partial charge in [0.05, 0.1) is 18.7 Å². The van der Waals surface area contributed by atoms with Gasteiger partial charge < -0.3 is 15.4 Å². The normalized spacial score (nSPS) is 15.3. The zero-order valence-electron chi connectivity index (χ0n) is 14.5. The summed E-state index contributed by atoms with van der Waals surface area (Å²) < 4.78 is 43.2. The zero-order chi connectivity index (χ0) is 18.1. The van der Waals surface area contributed by atoms with E-state index >= 15 is 0 Å². The molecule has 4 nitrogen and oxygen atoms in total. The van der Waals surface area contributed by atoms with Gasteiger partial charge in [0.15, 0.2) is 5.96 Å². The highest BCUT2D eigenvalue weighted by atomic mass is 19.4. The van der Waals surface area contributed by atoms with Crippen molar-refractivity contribution in [2.75, 3.05) is 32.8 Å². The van der Waals surface area contributed by atoms with Crippen LogP contribution in [-0.2, 0) is 17.3 Å². The van der Waals surface area contributed by atoms with Crippen molar-refractivity contribution in [3.63, 3.8) is 0 Å². The SMILES string of the molecule is CCNC(=NCCOCC1CC1)NCCc1ccc(C(F)(F)F)cc1. The molecule has 140 valence electrons. The maximum atomic E-state index is 12.5. The first kappa shape index (κ1) is 19.6. The van der Waals surface area contributed by atoms with E-state index in [0.717, 1.165) is 36.8 Å². The Bertz CT molecular complexity index is 539. The van der Waals surface area contributed by atoms with Crippen LogP contribution >= 0.6 is 0 Å². The fourth-order valence-corrected chi connectivity index (χ4v) is 2.28. The van der Waals surface area contributed by atoms with Crippen LogP contribution < -0.4 is 10.6 Å². The van der Waals surface area contributed by atoms with Gasteiger partial charge in [0.25, 0.3) is 0 Å². The lowest BCUT2D eigenvalue weighted by molar-refractivity contribution is -0.137. The van der Waals surface area contributed by atoms with Gasteiger partial charge in [0, 0.05) is 19.7 Å². The van der Waals surface area contributed by atoms with Crippen LogP contribution in [0.4, 0.5) is 13.2 Å². The fourth-order valence-electron chi connectivity index (χ4n) is 2.28. The molecule has 0 amide bonds. The largest absolute Gasteiger partial charge is 0.416 e. The minimum Gasteiger partial charge on any atom is -0.379 e. The van der Waals surface area contributed by atoms with Crippen molar-refractivity contribution >= 4 is 5.96 Å². The Hall–Kier alpha value is -1.76. The summed E-state index contributed by atoms with van der Waals surface area (Å²) in [6.07, 6.45) is -1.11. The molecule has 1 fully saturated rings. The second-order valence-electron chi connectivity index (χ2n) is 6.15. The number of alkyl halides is 3. The topological polar surface area (TPSA) is 45.7 Å². The highest BCUT2D eigenvalue weighted by Gasteiger charge is 2.29. The quantitative estimate of drug-likeness (QED) is 0.405. The van der Waals surface area contributed by atoms with Gasteiger partial charge >= 0.3 is 6.18 Å². The van der Waals surface area contributed by atoms with E-state index in [9.17, 15) is 13.2 Å². The van der Waals surface area contributed by atoms with Crippen molar-refractivity contribution in [2.45, 2.75) is 32.4 Å². The molecular formula is C18H26F3N3O. The number of aliphatic imine (C=N–C) groups is 1. The maximum Gasteiger partial charge on any atom is 0.416 e. The molecule has 0 heterocycles. The lowest BCUT2D eigenvalue weighted by atomic mass is 10.1. The number of nitrogens with one attached hydrogen (secondary N) is 2. The van der Waals surface area contributed by atoms with E-state index in [-0.39, 0.29) is 0 Å². The molecule has 1 aromatic carbocycles. The van der Waals surface area contributed by atoms with Crippen molar-refractivity contribution in [2.24, 2.45) is 10.9 Å². The van der Waals surface area contributed by atoms with Gasteiger partial charge in [-0.3, -0.25) is 4.99 Å². The summed E-state index contributed by atoms with van der Waals surface area (Å²) in [5.41, 5.74) is 0.231. The molecule has 1 aliphatic carbocycles. The zero-order valence-corrected chi connectivity index (χ0v) is 14.5. The second kappa shape index (κ2) is 9.65. The summed E-state index contributed by atoms with van der Waals surface area (Å²) >= 11 is 0. The van der Waals surface area contributed by atoms with Crippen molar-refractivity contribution in [1.82, 2.24) is 10.6 Å². The van der Waals surface area contributed by atoms with Crippen molar-refractivity contribution in [3.8, 4) is 0 Å². The Morgan fingerprint density at radius 3 is 2.52 bits per heavy atom. The van der Waals surface area contributed by atoms with Crippen LogP contribution in [0.5, 0.6) is 0 Å². The predicted octanol–water partition coefficient (Wildman–Crippen LogP) is 3.23. The molecule has 2 rings (SSSR count).